The third kappa shape index (κ3) is 4.13. The molecule has 2 aromatic heterocycles. The summed E-state index contributed by atoms with van der Waals surface area (Å²) in [4.78, 5) is 24.8. The summed E-state index contributed by atoms with van der Waals surface area (Å²) in [7, 11) is -3.65. The quantitative estimate of drug-likeness (QED) is 0.765. The maximum absolute atomic E-state index is 12.7. The minimum atomic E-state index is -3.65. The minimum Gasteiger partial charge on any atom is -0.309 e. The van der Waals surface area contributed by atoms with Crippen molar-refractivity contribution >= 4 is 21.7 Å². The van der Waals surface area contributed by atoms with Gasteiger partial charge in [-0.2, -0.15) is 9.40 Å². The molecular weight excluding hydrogens is 394 g/mol. The molecule has 1 aliphatic carbocycles. The van der Waals surface area contributed by atoms with Gasteiger partial charge in [-0.05, 0) is 31.7 Å². The topological polar surface area (TPSA) is 106 Å². The van der Waals surface area contributed by atoms with E-state index in [0.717, 1.165) is 43.1 Å². The molecule has 3 heterocycles. The van der Waals surface area contributed by atoms with Crippen LogP contribution in [-0.4, -0.2) is 46.1 Å². The first-order valence-electron chi connectivity index (χ1n) is 9.99. The van der Waals surface area contributed by atoms with E-state index in [0.29, 0.717) is 18.9 Å². The molecule has 1 N–H and O–H groups in total. The van der Waals surface area contributed by atoms with Crippen molar-refractivity contribution in [3.05, 3.63) is 40.9 Å². The van der Waals surface area contributed by atoms with E-state index < -0.39 is 21.5 Å². The Morgan fingerprint density at radius 1 is 1.10 bits per heavy atom. The minimum absolute atomic E-state index is 0.0304. The van der Waals surface area contributed by atoms with E-state index in [9.17, 15) is 18.0 Å². The number of carbonyl (C=O) groups is 1. The second-order valence-electron chi connectivity index (χ2n) is 7.59. The van der Waals surface area contributed by atoms with Gasteiger partial charge in [-0.15, -0.1) is 0 Å². The predicted octanol–water partition coefficient (Wildman–Crippen LogP) is 1.58. The van der Waals surface area contributed by atoms with Crippen LogP contribution in [0.3, 0.4) is 0 Å². The normalized spacial score (nSPS) is 18.3. The maximum Gasteiger partial charge on any atom is 0.251 e. The van der Waals surface area contributed by atoms with E-state index in [1.165, 1.54) is 22.6 Å². The third-order valence-corrected chi connectivity index (χ3v) is 7.46. The average Bonchev–Trinajstić information content (AvgIpc) is 3.45. The van der Waals surface area contributed by atoms with Crippen molar-refractivity contribution in [1.82, 2.24) is 18.7 Å². The van der Waals surface area contributed by atoms with Crippen LogP contribution in [0.5, 0.6) is 0 Å². The zero-order chi connectivity index (χ0) is 20.4. The van der Waals surface area contributed by atoms with Crippen molar-refractivity contribution in [2.75, 3.05) is 18.4 Å². The molecule has 0 bridgehead atoms. The van der Waals surface area contributed by atoms with Crippen molar-refractivity contribution in [3.63, 3.8) is 0 Å². The Morgan fingerprint density at radius 3 is 2.55 bits per heavy atom. The van der Waals surface area contributed by atoms with Gasteiger partial charge in [-0.1, -0.05) is 12.8 Å². The molecule has 2 aromatic rings. The molecule has 9 nitrogen and oxygen atoms in total. The molecule has 29 heavy (non-hydrogen) atoms. The van der Waals surface area contributed by atoms with Gasteiger partial charge in [0.05, 0.1) is 17.1 Å². The van der Waals surface area contributed by atoms with Crippen molar-refractivity contribution in [2.45, 2.75) is 56.0 Å². The van der Waals surface area contributed by atoms with Crippen molar-refractivity contribution < 1.29 is 13.2 Å². The lowest BCUT2D eigenvalue weighted by Gasteiger charge is -2.17. The van der Waals surface area contributed by atoms with Crippen LogP contribution in [0.1, 0.15) is 44.6 Å². The number of nitrogens with one attached hydrogen (secondary N) is 1. The van der Waals surface area contributed by atoms with Gasteiger partial charge in [0.15, 0.2) is 0 Å². The van der Waals surface area contributed by atoms with Gasteiger partial charge >= 0.3 is 0 Å². The van der Waals surface area contributed by atoms with Gasteiger partial charge in [0.25, 0.3) is 5.56 Å². The van der Waals surface area contributed by atoms with Crippen LogP contribution in [0.25, 0.3) is 0 Å². The van der Waals surface area contributed by atoms with Crippen LogP contribution in [0, 0.1) is 0 Å². The Bertz CT molecular complexity index is 1050. The maximum atomic E-state index is 12.7. The molecule has 0 unspecified atom stereocenters. The predicted molar refractivity (Wildman–Crippen MR) is 107 cm³/mol. The van der Waals surface area contributed by atoms with Gasteiger partial charge < -0.3 is 9.88 Å². The lowest BCUT2D eigenvalue weighted by atomic mass is 10.2. The second-order valence-corrected chi connectivity index (χ2v) is 9.53. The molecule has 2 fully saturated rings. The van der Waals surface area contributed by atoms with Crippen molar-refractivity contribution in [3.8, 4) is 0 Å². The fraction of sp³-hybridized carbons (Fsp3) is 0.526. The highest BCUT2D eigenvalue weighted by Crippen LogP contribution is 2.31. The first-order chi connectivity index (χ1) is 13.9. The lowest BCUT2D eigenvalue weighted by molar-refractivity contribution is -0.116. The molecule has 1 saturated heterocycles. The Kier molecular flexibility index (Phi) is 5.55. The monoisotopic (exact) mass is 419 g/mol. The number of aromatic nitrogens is 3. The summed E-state index contributed by atoms with van der Waals surface area (Å²) < 4.78 is 29.8. The van der Waals surface area contributed by atoms with Crippen LogP contribution in [0.15, 0.2) is 40.3 Å². The molecule has 0 aromatic carbocycles. The van der Waals surface area contributed by atoms with Crippen LogP contribution >= 0.6 is 0 Å². The molecule has 0 atom stereocenters. The average molecular weight is 420 g/mol. The highest BCUT2D eigenvalue weighted by atomic mass is 32.2. The van der Waals surface area contributed by atoms with Crippen molar-refractivity contribution in [2.24, 2.45) is 0 Å². The largest absolute Gasteiger partial charge is 0.309 e. The molecule has 10 heteroatoms. The number of anilines is 1. The molecular formula is C19H25N5O4S. The number of amides is 1. The van der Waals surface area contributed by atoms with E-state index >= 15 is 0 Å². The van der Waals surface area contributed by atoms with Crippen molar-refractivity contribution in [1.29, 1.82) is 0 Å². The van der Waals surface area contributed by atoms with Crippen LogP contribution < -0.4 is 10.9 Å². The van der Waals surface area contributed by atoms with Gasteiger partial charge in [-0.3, -0.25) is 9.59 Å². The Hall–Kier alpha value is -2.46. The number of carbonyl (C=O) groups excluding carboxylic acids is 1. The zero-order valence-electron chi connectivity index (χ0n) is 16.2. The highest BCUT2D eigenvalue weighted by Gasteiger charge is 2.28. The molecule has 2 aliphatic rings. The first kappa shape index (κ1) is 19.8. The summed E-state index contributed by atoms with van der Waals surface area (Å²) in [5.41, 5.74) is -0.426. The summed E-state index contributed by atoms with van der Waals surface area (Å²) in [6.45, 7) is 0.693. The number of pyridine rings is 1. The van der Waals surface area contributed by atoms with Gasteiger partial charge in [0.2, 0.25) is 15.9 Å². The van der Waals surface area contributed by atoms with Crippen LogP contribution in [-0.2, 0) is 21.4 Å². The van der Waals surface area contributed by atoms with Gasteiger partial charge in [0.1, 0.15) is 12.4 Å². The Morgan fingerprint density at radius 2 is 1.83 bits per heavy atom. The number of nitrogens with zero attached hydrogens (tertiary/aromatic N) is 4. The molecule has 156 valence electrons. The van der Waals surface area contributed by atoms with Crippen LogP contribution in [0.2, 0.25) is 0 Å². The molecule has 1 saturated carbocycles. The summed E-state index contributed by atoms with van der Waals surface area (Å²) in [5.74, 6) is 0.193. The Labute approximate surface area is 169 Å². The number of hydrogen-bond donors (Lipinski definition) is 1. The van der Waals surface area contributed by atoms with E-state index in [1.807, 2.05) is 4.68 Å². The molecule has 1 amide bonds. The smallest absolute Gasteiger partial charge is 0.251 e. The van der Waals surface area contributed by atoms with E-state index in [4.69, 9.17) is 0 Å². The number of sulfonamides is 1. The Balaban J connectivity index is 1.50. The second kappa shape index (κ2) is 8.11. The molecule has 0 spiro atoms. The molecule has 1 aliphatic heterocycles. The van der Waals surface area contributed by atoms with E-state index in [1.54, 1.807) is 12.3 Å². The van der Waals surface area contributed by atoms with Gasteiger partial charge in [0, 0.05) is 31.4 Å². The SMILES string of the molecule is O=C(Cn1cc(S(=O)(=O)N2CCCC2)ccc1=O)Nc1ccnn1C1CCCC1. The summed E-state index contributed by atoms with van der Waals surface area (Å²) in [6, 6.07) is 4.50. The summed E-state index contributed by atoms with van der Waals surface area (Å²) in [5, 5.41) is 7.11. The fourth-order valence-corrected chi connectivity index (χ4v) is 5.59. The lowest BCUT2D eigenvalue weighted by Crippen LogP contribution is -2.31. The first-order valence-corrected chi connectivity index (χ1v) is 11.4. The summed E-state index contributed by atoms with van der Waals surface area (Å²) in [6.07, 6.45) is 8.90. The zero-order valence-corrected chi connectivity index (χ0v) is 17.0. The number of hydrogen-bond acceptors (Lipinski definition) is 5. The number of rotatable bonds is 6. The fourth-order valence-electron chi connectivity index (χ4n) is 4.05. The van der Waals surface area contributed by atoms with Crippen LogP contribution in [0.4, 0.5) is 5.82 Å². The summed E-state index contributed by atoms with van der Waals surface area (Å²) >= 11 is 0. The van der Waals surface area contributed by atoms with E-state index in [-0.39, 0.29) is 17.5 Å². The molecule has 0 radical (unpaired) electrons. The third-order valence-electron chi connectivity index (χ3n) is 5.58. The standard InChI is InChI=1S/C19H25N5O4S/c25-18(21-17-9-10-20-24(17)15-5-1-2-6-15)14-22-13-16(7-8-19(22)26)29(27,28)23-11-3-4-12-23/h7-10,13,15H,1-6,11-12,14H2,(H,21,25). The molecule has 4 rings (SSSR count). The highest BCUT2D eigenvalue weighted by molar-refractivity contribution is 7.89. The van der Waals surface area contributed by atoms with Gasteiger partial charge in [-0.25, -0.2) is 13.1 Å². The van der Waals surface area contributed by atoms with E-state index in [2.05, 4.69) is 10.4 Å².